The number of nitrogens with zero attached hydrogens (tertiary/aromatic N) is 2. The van der Waals surface area contributed by atoms with E-state index in [1.54, 1.807) is 6.20 Å². The van der Waals surface area contributed by atoms with Crippen LogP contribution in [0.4, 0.5) is 13.2 Å². The van der Waals surface area contributed by atoms with Crippen LogP contribution in [0, 0.1) is 0 Å². The SMILES string of the molecule is CC(C)(C)c1cnc(-c2cc(C(F)(F)F)ccc2Br)n1-c1ccccc1. The standard InChI is InChI=1S/C20H18BrF3N2/c1-19(2,3)17-12-25-18(26(17)14-7-5-4-6-8-14)15-11-13(20(22,23)24)9-10-16(15)21/h4-12H,1-3H3. The molecule has 1 aromatic heterocycles. The Bertz CT molecular complexity index is 922. The zero-order valence-electron chi connectivity index (χ0n) is 14.6. The van der Waals surface area contributed by atoms with Crippen molar-refractivity contribution in [2.24, 2.45) is 0 Å². The molecule has 0 saturated carbocycles. The van der Waals surface area contributed by atoms with Crippen LogP contribution < -0.4 is 0 Å². The van der Waals surface area contributed by atoms with E-state index >= 15 is 0 Å². The summed E-state index contributed by atoms with van der Waals surface area (Å²) in [5.41, 5.74) is 1.25. The molecule has 0 amide bonds. The van der Waals surface area contributed by atoms with Crippen molar-refractivity contribution < 1.29 is 13.2 Å². The number of rotatable bonds is 2. The number of alkyl halides is 3. The number of halogens is 4. The predicted octanol–water partition coefficient (Wildman–Crippen LogP) is 6.62. The Balaban J connectivity index is 2.29. The molecule has 0 bridgehead atoms. The van der Waals surface area contributed by atoms with Crippen LogP contribution in [-0.4, -0.2) is 9.55 Å². The minimum absolute atomic E-state index is 0.227. The van der Waals surface area contributed by atoms with E-state index in [0.29, 0.717) is 15.9 Å². The number of hydrogen-bond acceptors (Lipinski definition) is 1. The predicted molar refractivity (Wildman–Crippen MR) is 100 cm³/mol. The largest absolute Gasteiger partial charge is 0.416 e. The van der Waals surface area contributed by atoms with E-state index in [1.807, 2.05) is 34.9 Å². The van der Waals surface area contributed by atoms with Crippen molar-refractivity contribution >= 4 is 15.9 Å². The lowest BCUT2D eigenvalue weighted by molar-refractivity contribution is -0.137. The minimum atomic E-state index is -4.41. The van der Waals surface area contributed by atoms with Crippen LogP contribution in [0.15, 0.2) is 59.2 Å². The Labute approximate surface area is 158 Å². The molecule has 0 aliphatic carbocycles. The van der Waals surface area contributed by atoms with Gasteiger partial charge in [0.2, 0.25) is 0 Å². The second-order valence-corrected chi connectivity index (χ2v) is 7.93. The summed E-state index contributed by atoms with van der Waals surface area (Å²) in [6.07, 6.45) is -2.68. The quantitative estimate of drug-likeness (QED) is 0.453. The zero-order valence-corrected chi connectivity index (χ0v) is 16.2. The van der Waals surface area contributed by atoms with Crippen molar-refractivity contribution in [3.63, 3.8) is 0 Å². The molecular weight excluding hydrogens is 405 g/mol. The molecule has 0 unspecified atom stereocenters. The highest BCUT2D eigenvalue weighted by Crippen LogP contribution is 2.38. The third-order valence-corrected chi connectivity index (χ3v) is 4.77. The van der Waals surface area contributed by atoms with E-state index in [-0.39, 0.29) is 5.41 Å². The molecule has 0 saturated heterocycles. The van der Waals surface area contributed by atoms with E-state index < -0.39 is 11.7 Å². The number of para-hydroxylation sites is 1. The summed E-state index contributed by atoms with van der Waals surface area (Å²) in [5, 5.41) is 0. The van der Waals surface area contributed by atoms with E-state index in [9.17, 15) is 13.2 Å². The molecule has 3 rings (SSSR count). The van der Waals surface area contributed by atoms with Crippen molar-refractivity contribution in [2.45, 2.75) is 32.4 Å². The summed E-state index contributed by atoms with van der Waals surface area (Å²) < 4.78 is 42.1. The summed E-state index contributed by atoms with van der Waals surface area (Å²) >= 11 is 3.38. The average molecular weight is 423 g/mol. The molecule has 3 aromatic rings. The Hall–Kier alpha value is -2.08. The molecule has 136 valence electrons. The molecule has 0 spiro atoms. The second kappa shape index (κ2) is 6.58. The number of imidazole rings is 1. The summed E-state index contributed by atoms with van der Waals surface area (Å²) in [5.74, 6) is 0.471. The molecule has 2 nitrogen and oxygen atoms in total. The van der Waals surface area contributed by atoms with Gasteiger partial charge in [-0.05, 0) is 30.3 Å². The molecule has 0 radical (unpaired) electrons. The van der Waals surface area contributed by atoms with Crippen LogP contribution in [0.3, 0.4) is 0 Å². The normalized spacial score (nSPS) is 12.4. The van der Waals surface area contributed by atoms with Crippen molar-refractivity contribution in [3.8, 4) is 17.1 Å². The lowest BCUT2D eigenvalue weighted by Gasteiger charge is -2.22. The van der Waals surface area contributed by atoms with Crippen LogP contribution in [-0.2, 0) is 11.6 Å². The fourth-order valence-electron chi connectivity index (χ4n) is 2.78. The van der Waals surface area contributed by atoms with E-state index in [1.165, 1.54) is 6.07 Å². The van der Waals surface area contributed by atoms with Crippen LogP contribution in [0.1, 0.15) is 32.0 Å². The number of hydrogen-bond donors (Lipinski definition) is 0. The maximum Gasteiger partial charge on any atom is 0.416 e. The first-order valence-corrected chi connectivity index (χ1v) is 8.89. The van der Waals surface area contributed by atoms with Gasteiger partial charge in [0.05, 0.1) is 5.56 Å². The Morgan fingerprint density at radius 2 is 1.62 bits per heavy atom. The summed E-state index contributed by atoms with van der Waals surface area (Å²) in [6.45, 7) is 6.15. The molecule has 0 fully saturated rings. The second-order valence-electron chi connectivity index (χ2n) is 7.08. The van der Waals surface area contributed by atoms with Crippen molar-refractivity contribution in [2.75, 3.05) is 0 Å². The van der Waals surface area contributed by atoms with E-state index in [4.69, 9.17) is 0 Å². The number of aromatic nitrogens is 2. The van der Waals surface area contributed by atoms with Crippen LogP contribution in [0.25, 0.3) is 17.1 Å². The monoisotopic (exact) mass is 422 g/mol. The van der Waals surface area contributed by atoms with Crippen molar-refractivity contribution in [1.29, 1.82) is 0 Å². The van der Waals surface area contributed by atoms with Gasteiger partial charge >= 0.3 is 6.18 Å². The Morgan fingerprint density at radius 3 is 2.19 bits per heavy atom. The maximum absolute atomic E-state index is 13.2. The first-order valence-electron chi connectivity index (χ1n) is 8.10. The molecule has 26 heavy (non-hydrogen) atoms. The van der Waals surface area contributed by atoms with E-state index in [2.05, 4.69) is 41.7 Å². The van der Waals surface area contributed by atoms with Crippen LogP contribution in [0.5, 0.6) is 0 Å². The third-order valence-electron chi connectivity index (χ3n) is 4.08. The first-order chi connectivity index (χ1) is 12.1. The molecule has 2 aromatic carbocycles. The molecule has 0 N–H and O–H groups in total. The fourth-order valence-corrected chi connectivity index (χ4v) is 3.21. The summed E-state index contributed by atoms with van der Waals surface area (Å²) in [6, 6.07) is 13.1. The number of benzene rings is 2. The van der Waals surface area contributed by atoms with Crippen molar-refractivity contribution in [3.05, 3.63) is 70.5 Å². The highest BCUT2D eigenvalue weighted by molar-refractivity contribution is 9.10. The smallest absolute Gasteiger partial charge is 0.296 e. The summed E-state index contributed by atoms with van der Waals surface area (Å²) in [4.78, 5) is 4.48. The van der Waals surface area contributed by atoms with Gasteiger partial charge in [0.15, 0.2) is 0 Å². The van der Waals surface area contributed by atoms with E-state index in [0.717, 1.165) is 23.5 Å². The molecule has 0 aliphatic rings. The van der Waals surface area contributed by atoms with Gasteiger partial charge in [-0.25, -0.2) is 4.98 Å². The molecular formula is C20H18BrF3N2. The molecule has 0 atom stereocenters. The third kappa shape index (κ3) is 3.56. The van der Waals surface area contributed by atoms with Gasteiger partial charge in [-0.1, -0.05) is 54.9 Å². The Morgan fingerprint density at radius 1 is 0.962 bits per heavy atom. The van der Waals surface area contributed by atoms with Gasteiger partial charge in [-0.2, -0.15) is 13.2 Å². The van der Waals surface area contributed by atoms with Crippen LogP contribution >= 0.6 is 15.9 Å². The first kappa shape index (κ1) is 18.7. The van der Waals surface area contributed by atoms with Crippen LogP contribution in [0.2, 0.25) is 0 Å². The molecule has 6 heteroatoms. The van der Waals surface area contributed by atoms with Gasteiger partial charge in [0, 0.05) is 33.0 Å². The Kier molecular flexibility index (Phi) is 4.73. The highest BCUT2D eigenvalue weighted by atomic mass is 79.9. The van der Waals surface area contributed by atoms with Gasteiger partial charge in [-0.3, -0.25) is 4.57 Å². The lowest BCUT2D eigenvalue weighted by atomic mass is 9.92. The fraction of sp³-hybridized carbons (Fsp3) is 0.250. The topological polar surface area (TPSA) is 17.8 Å². The van der Waals surface area contributed by atoms with Crippen molar-refractivity contribution in [1.82, 2.24) is 9.55 Å². The zero-order chi connectivity index (χ0) is 19.1. The lowest BCUT2D eigenvalue weighted by Crippen LogP contribution is -2.17. The minimum Gasteiger partial charge on any atom is -0.296 e. The van der Waals surface area contributed by atoms with Gasteiger partial charge < -0.3 is 0 Å². The van der Waals surface area contributed by atoms with Gasteiger partial charge in [0.25, 0.3) is 0 Å². The molecule has 1 heterocycles. The van der Waals surface area contributed by atoms with Gasteiger partial charge in [-0.15, -0.1) is 0 Å². The molecule has 0 aliphatic heterocycles. The highest BCUT2D eigenvalue weighted by Gasteiger charge is 2.32. The summed E-state index contributed by atoms with van der Waals surface area (Å²) in [7, 11) is 0. The van der Waals surface area contributed by atoms with Gasteiger partial charge in [0.1, 0.15) is 5.82 Å². The average Bonchev–Trinajstić information content (AvgIpc) is 3.00. The maximum atomic E-state index is 13.2.